The highest BCUT2D eigenvalue weighted by Crippen LogP contribution is 2.37. The van der Waals surface area contributed by atoms with Crippen LogP contribution in [0.2, 0.25) is 0 Å². The summed E-state index contributed by atoms with van der Waals surface area (Å²) < 4.78 is 79.6. The van der Waals surface area contributed by atoms with E-state index in [1.807, 2.05) is 4.90 Å². The van der Waals surface area contributed by atoms with Gasteiger partial charge in [-0.1, -0.05) is 0 Å². The van der Waals surface area contributed by atoms with Crippen LogP contribution in [0.1, 0.15) is 24.0 Å². The van der Waals surface area contributed by atoms with Crippen LogP contribution in [0.3, 0.4) is 0 Å². The van der Waals surface area contributed by atoms with E-state index in [1.165, 1.54) is 17.3 Å². The number of aromatic nitrogens is 5. The Morgan fingerprint density at radius 2 is 1.50 bits per heavy atom. The van der Waals surface area contributed by atoms with Gasteiger partial charge in [0, 0.05) is 24.7 Å². The third-order valence-corrected chi connectivity index (χ3v) is 5.33. The van der Waals surface area contributed by atoms with Crippen LogP contribution < -0.4 is 10.2 Å². The quantitative estimate of drug-likeness (QED) is 0.563. The number of anilines is 2. The number of nitrogens with zero attached hydrogens (tertiary/aromatic N) is 6. The van der Waals surface area contributed by atoms with Gasteiger partial charge in [0.1, 0.15) is 12.7 Å². The van der Waals surface area contributed by atoms with Crippen molar-refractivity contribution in [1.29, 1.82) is 0 Å². The molecule has 0 radical (unpaired) electrons. The fraction of sp³-hybridized carbons (Fsp3) is 0.350. The Balaban J connectivity index is 1.40. The average Bonchev–Trinajstić information content (AvgIpc) is 3.33. The van der Waals surface area contributed by atoms with E-state index in [0.717, 1.165) is 0 Å². The van der Waals surface area contributed by atoms with E-state index in [0.29, 0.717) is 49.7 Å². The summed E-state index contributed by atoms with van der Waals surface area (Å²) in [5.41, 5.74) is -3.52. The summed E-state index contributed by atoms with van der Waals surface area (Å²) in [6.07, 6.45) is -6.48. The molecule has 4 rings (SSSR count). The van der Waals surface area contributed by atoms with Gasteiger partial charge in [0.25, 0.3) is 0 Å². The number of hydrogen-bond donors (Lipinski definition) is 1. The van der Waals surface area contributed by atoms with Crippen molar-refractivity contribution in [3.05, 3.63) is 54.1 Å². The molecule has 34 heavy (non-hydrogen) atoms. The molecule has 1 aliphatic heterocycles. The summed E-state index contributed by atoms with van der Waals surface area (Å²) in [6, 6.07) is 4.43. The second kappa shape index (κ2) is 8.91. The Labute approximate surface area is 188 Å². The van der Waals surface area contributed by atoms with Gasteiger partial charge in [-0.2, -0.15) is 31.4 Å². The zero-order valence-corrected chi connectivity index (χ0v) is 17.3. The second-order valence-electron chi connectivity index (χ2n) is 7.63. The SMILES string of the molecule is O=C(Nc1cc(C(F)(F)F)cc(C(F)(F)F)c1)C1CCN(c2ccc(-n3cncn3)nn2)CC1. The van der Waals surface area contributed by atoms with Crippen molar-refractivity contribution in [2.75, 3.05) is 23.3 Å². The van der Waals surface area contributed by atoms with Gasteiger partial charge in [0.15, 0.2) is 11.6 Å². The number of hydrogen-bond acceptors (Lipinski definition) is 6. The maximum absolute atomic E-state index is 13.0. The maximum Gasteiger partial charge on any atom is 0.416 e. The fourth-order valence-corrected chi connectivity index (χ4v) is 3.58. The highest BCUT2D eigenvalue weighted by atomic mass is 19.4. The van der Waals surface area contributed by atoms with Crippen LogP contribution in [-0.4, -0.2) is 44.0 Å². The molecule has 0 unspecified atom stereocenters. The molecule has 1 amide bonds. The van der Waals surface area contributed by atoms with Crippen molar-refractivity contribution in [2.45, 2.75) is 25.2 Å². The molecule has 8 nitrogen and oxygen atoms in total. The number of alkyl halides is 6. The Bertz CT molecular complexity index is 1110. The van der Waals surface area contributed by atoms with Crippen LogP contribution in [0.25, 0.3) is 5.82 Å². The highest BCUT2D eigenvalue weighted by molar-refractivity contribution is 5.93. The van der Waals surface area contributed by atoms with E-state index in [-0.39, 0.29) is 6.07 Å². The first-order valence-corrected chi connectivity index (χ1v) is 10.0. The van der Waals surface area contributed by atoms with Crippen molar-refractivity contribution >= 4 is 17.4 Å². The molecule has 1 aliphatic rings. The lowest BCUT2D eigenvalue weighted by molar-refractivity contribution is -0.143. The first-order chi connectivity index (χ1) is 16.0. The molecule has 1 fully saturated rings. The van der Waals surface area contributed by atoms with Gasteiger partial charge in [-0.3, -0.25) is 4.79 Å². The van der Waals surface area contributed by atoms with Crippen molar-refractivity contribution < 1.29 is 31.1 Å². The predicted octanol–water partition coefficient (Wildman–Crippen LogP) is 3.95. The molecule has 0 atom stereocenters. The summed E-state index contributed by atoms with van der Waals surface area (Å²) in [4.78, 5) is 18.3. The minimum Gasteiger partial charge on any atom is -0.355 e. The number of rotatable bonds is 4. The van der Waals surface area contributed by atoms with E-state index in [1.54, 1.807) is 12.1 Å². The molecule has 0 bridgehead atoms. The third kappa shape index (κ3) is 5.26. The van der Waals surface area contributed by atoms with Crippen LogP contribution in [0.5, 0.6) is 0 Å². The van der Waals surface area contributed by atoms with E-state index in [4.69, 9.17) is 0 Å². The van der Waals surface area contributed by atoms with Crippen LogP contribution >= 0.6 is 0 Å². The Kier molecular flexibility index (Phi) is 6.15. The Morgan fingerprint density at radius 1 is 0.912 bits per heavy atom. The van der Waals surface area contributed by atoms with E-state index < -0.39 is 41.0 Å². The summed E-state index contributed by atoms with van der Waals surface area (Å²) in [6.45, 7) is 0.817. The molecular weight excluding hydrogens is 468 g/mol. The lowest BCUT2D eigenvalue weighted by atomic mass is 9.95. The molecular formula is C20H17F6N7O. The van der Waals surface area contributed by atoms with Crippen LogP contribution in [0, 0.1) is 5.92 Å². The molecule has 1 saturated heterocycles. The van der Waals surface area contributed by atoms with E-state index in [2.05, 4.69) is 25.6 Å². The van der Waals surface area contributed by atoms with Gasteiger partial charge in [-0.15, -0.1) is 10.2 Å². The smallest absolute Gasteiger partial charge is 0.355 e. The molecule has 14 heteroatoms. The first kappa shape index (κ1) is 23.4. The topological polar surface area (TPSA) is 88.8 Å². The van der Waals surface area contributed by atoms with Gasteiger partial charge in [-0.25, -0.2) is 9.67 Å². The van der Waals surface area contributed by atoms with Crippen molar-refractivity contribution in [2.24, 2.45) is 5.92 Å². The van der Waals surface area contributed by atoms with Crippen LogP contribution in [0.4, 0.5) is 37.8 Å². The average molecular weight is 485 g/mol. The van der Waals surface area contributed by atoms with Gasteiger partial charge < -0.3 is 10.2 Å². The van der Waals surface area contributed by atoms with Gasteiger partial charge in [0.2, 0.25) is 5.91 Å². The number of carbonyl (C=O) groups excluding carboxylic acids is 1. The molecule has 3 heterocycles. The molecule has 3 aromatic rings. The summed E-state index contributed by atoms with van der Waals surface area (Å²) in [7, 11) is 0. The normalized spacial score (nSPS) is 15.4. The number of piperidine rings is 1. The lowest BCUT2D eigenvalue weighted by Gasteiger charge is -2.31. The number of carbonyl (C=O) groups is 1. The van der Waals surface area contributed by atoms with Crippen molar-refractivity contribution in [3.63, 3.8) is 0 Å². The minimum absolute atomic E-state index is 0.0172. The molecule has 180 valence electrons. The van der Waals surface area contributed by atoms with Gasteiger partial charge in [-0.05, 0) is 43.2 Å². The maximum atomic E-state index is 13.0. The molecule has 2 aromatic heterocycles. The second-order valence-corrected chi connectivity index (χ2v) is 7.63. The third-order valence-electron chi connectivity index (χ3n) is 5.33. The zero-order chi connectivity index (χ0) is 24.5. The summed E-state index contributed by atoms with van der Waals surface area (Å²) in [5, 5.41) is 14.4. The monoisotopic (exact) mass is 485 g/mol. The number of halogens is 6. The fourth-order valence-electron chi connectivity index (χ4n) is 3.58. The zero-order valence-electron chi connectivity index (χ0n) is 17.3. The number of amides is 1. The molecule has 0 spiro atoms. The molecule has 0 saturated carbocycles. The van der Waals surface area contributed by atoms with Gasteiger partial charge >= 0.3 is 12.4 Å². The summed E-state index contributed by atoms with van der Waals surface area (Å²) in [5.74, 6) is -0.188. The molecule has 0 aliphatic carbocycles. The van der Waals surface area contributed by atoms with Crippen molar-refractivity contribution in [3.8, 4) is 5.82 Å². The van der Waals surface area contributed by atoms with E-state index in [9.17, 15) is 31.1 Å². The molecule has 1 N–H and O–H groups in total. The van der Waals surface area contributed by atoms with Crippen molar-refractivity contribution in [1.82, 2.24) is 25.0 Å². The highest BCUT2D eigenvalue weighted by Gasteiger charge is 2.37. The first-order valence-electron chi connectivity index (χ1n) is 10.0. The lowest BCUT2D eigenvalue weighted by Crippen LogP contribution is -2.38. The van der Waals surface area contributed by atoms with E-state index >= 15 is 0 Å². The largest absolute Gasteiger partial charge is 0.416 e. The Morgan fingerprint density at radius 3 is 2.00 bits per heavy atom. The van der Waals surface area contributed by atoms with Crippen LogP contribution in [0.15, 0.2) is 43.0 Å². The number of nitrogens with one attached hydrogen (secondary N) is 1. The summed E-state index contributed by atoms with van der Waals surface area (Å²) >= 11 is 0. The minimum atomic E-state index is -4.99. The number of benzene rings is 1. The predicted molar refractivity (Wildman–Crippen MR) is 107 cm³/mol. The standard InChI is InChI=1S/C20H17F6N7O/c21-19(22,23)13-7-14(20(24,25)26)9-15(8-13)29-18(34)12-3-5-32(6-4-12)16-1-2-17(31-30-16)33-11-27-10-28-33/h1-2,7-12H,3-6H2,(H,29,34). The molecule has 1 aromatic carbocycles. The Hall–Kier alpha value is -3.71. The van der Waals surface area contributed by atoms with Crippen LogP contribution in [-0.2, 0) is 17.1 Å². The van der Waals surface area contributed by atoms with Gasteiger partial charge in [0.05, 0.1) is 11.1 Å².